The number of carbonyl (C=O) groups is 3. The summed E-state index contributed by atoms with van der Waals surface area (Å²) in [6.07, 6.45) is -0.0889. The predicted molar refractivity (Wildman–Crippen MR) is 91.1 cm³/mol. The van der Waals surface area contributed by atoms with E-state index in [4.69, 9.17) is 9.47 Å². The van der Waals surface area contributed by atoms with E-state index in [1.54, 1.807) is 23.1 Å². The molecule has 1 aromatic rings. The van der Waals surface area contributed by atoms with E-state index < -0.39 is 5.97 Å². The number of esters is 1. The number of morpholine rings is 1. The van der Waals surface area contributed by atoms with E-state index in [0.29, 0.717) is 18.7 Å². The second-order valence-corrected chi connectivity index (χ2v) is 6.27. The highest BCUT2D eigenvalue weighted by Gasteiger charge is 2.26. The average Bonchev–Trinajstić information content (AvgIpc) is 2.56. The number of rotatable bonds is 5. The third kappa shape index (κ3) is 5.86. The summed E-state index contributed by atoms with van der Waals surface area (Å²) in [7, 11) is 0. The van der Waals surface area contributed by atoms with Crippen LogP contribution in [-0.4, -0.2) is 61.1 Å². The van der Waals surface area contributed by atoms with Gasteiger partial charge in [-0.05, 0) is 32.9 Å². The summed E-state index contributed by atoms with van der Waals surface area (Å²) in [6.45, 7) is 6.00. The van der Waals surface area contributed by atoms with Crippen LogP contribution in [0.25, 0.3) is 0 Å². The van der Waals surface area contributed by atoms with Crippen LogP contribution in [0.4, 0.5) is 0 Å². The number of amides is 2. The molecule has 1 aliphatic heterocycles. The maximum Gasteiger partial charge on any atom is 0.325 e. The Morgan fingerprint density at radius 1 is 1.24 bits per heavy atom. The normalized spacial score (nSPS) is 20.0. The number of hydrogen-bond acceptors (Lipinski definition) is 5. The van der Waals surface area contributed by atoms with Crippen molar-refractivity contribution in [2.45, 2.75) is 33.0 Å². The highest BCUT2D eigenvalue weighted by Crippen LogP contribution is 2.10. The molecule has 1 heterocycles. The fourth-order valence-electron chi connectivity index (χ4n) is 2.71. The minimum Gasteiger partial charge on any atom is -0.454 e. The van der Waals surface area contributed by atoms with Crippen molar-refractivity contribution in [1.29, 1.82) is 0 Å². The molecule has 7 heteroatoms. The maximum atomic E-state index is 12.1. The first kappa shape index (κ1) is 18.9. The van der Waals surface area contributed by atoms with Crippen LogP contribution < -0.4 is 5.32 Å². The number of nitrogens with zero attached hydrogens (tertiary/aromatic N) is 1. The molecule has 1 aromatic carbocycles. The number of nitrogens with one attached hydrogen (secondary N) is 1. The van der Waals surface area contributed by atoms with Crippen molar-refractivity contribution in [3.05, 3.63) is 35.4 Å². The van der Waals surface area contributed by atoms with Crippen LogP contribution in [0.1, 0.15) is 29.8 Å². The van der Waals surface area contributed by atoms with Crippen molar-refractivity contribution in [2.24, 2.45) is 0 Å². The fourth-order valence-corrected chi connectivity index (χ4v) is 2.71. The van der Waals surface area contributed by atoms with E-state index in [1.807, 2.05) is 26.8 Å². The molecule has 0 radical (unpaired) electrons. The fraction of sp³-hybridized carbons (Fsp3) is 0.500. The Kier molecular flexibility index (Phi) is 6.52. The lowest BCUT2D eigenvalue weighted by Crippen LogP contribution is -2.49. The molecule has 2 atom stereocenters. The second kappa shape index (κ2) is 8.62. The summed E-state index contributed by atoms with van der Waals surface area (Å²) in [6, 6.07) is 7.04. The van der Waals surface area contributed by atoms with Gasteiger partial charge in [-0.25, -0.2) is 0 Å². The average molecular weight is 348 g/mol. The Morgan fingerprint density at radius 3 is 2.56 bits per heavy atom. The van der Waals surface area contributed by atoms with Crippen molar-refractivity contribution in [2.75, 3.05) is 26.2 Å². The van der Waals surface area contributed by atoms with Gasteiger partial charge in [0.2, 0.25) is 0 Å². The highest BCUT2D eigenvalue weighted by molar-refractivity contribution is 5.96. The molecule has 7 nitrogen and oxygen atoms in total. The molecular formula is C18H24N2O5. The van der Waals surface area contributed by atoms with Gasteiger partial charge in [0.25, 0.3) is 11.8 Å². The monoisotopic (exact) mass is 348 g/mol. The lowest BCUT2D eigenvalue weighted by Gasteiger charge is -2.35. The zero-order chi connectivity index (χ0) is 18.4. The first-order valence-electron chi connectivity index (χ1n) is 8.29. The molecule has 2 rings (SSSR count). The number of hydrogen-bond donors (Lipinski definition) is 1. The van der Waals surface area contributed by atoms with Gasteiger partial charge in [-0.3, -0.25) is 14.4 Å². The largest absolute Gasteiger partial charge is 0.454 e. The Bertz CT molecular complexity index is 636. The van der Waals surface area contributed by atoms with E-state index >= 15 is 0 Å². The molecule has 25 heavy (non-hydrogen) atoms. The molecule has 0 aliphatic carbocycles. The SMILES string of the molecule is Cc1cccc(C(=O)NCC(=O)OCC(=O)N2CC(C)OC(C)C2)c1. The number of benzene rings is 1. The third-order valence-corrected chi connectivity index (χ3v) is 3.80. The zero-order valence-corrected chi connectivity index (χ0v) is 14.8. The topological polar surface area (TPSA) is 84.9 Å². The summed E-state index contributed by atoms with van der Waals surface area (Å²) >= 11 is 0. The van der Waals surface area contributed by atoms with Crippen molar-refractivity contribution >= 4 is 17.8 Å². The molecule has 136 valence electrons. The molecule has 2 unspecified atom stereocenters. The minimum atomic E-state index is -0.649. The minimum absolute atomic E-state index is 0.0444. The van der Waals surface area contributed by atoms with Gasteiger partial charge in [-0.15, -0.1) is 0 Å². The molecule has 0 aromatic heterocycles. The van der Waals surface area contributed by atoms with Crippen LogP contribution in [0.15, 0.2) is 24.3 Å². The molecular weight excluding hydrogens is 324 g/mol. The van der Waals surface area contributed by atoms with E-state index in [0.717, 1.165) is 5.56 Å². The van der Waals surface area contributed by atoms with Gasteiger partial charge in [0.15, 0.2) is 6.61 Å². The first-order valence-corrected chi connectivity index (χ1v) is 8.29. The Hall–Kier alpha value is -2.41. The van der Waals surface area contributed by atoms with Crippen molar-refractivity contribution in [3.8, 4) is 0 Å². The molecule has 1 fully saturated rings. The summed E-state index contributed by atoms with van der Waals surface area (Å²) in [5.41, 5.74) is 1.43. The van der Waals surface area contributed by atoms with Crippen molar-refractivity contribution in [3.63, 3.8) is 0 Å². The second-order valence-electron chi connectivity index (χ2n) is 6.27. The summed E-state index contributed by atoms with van der Waals surface area (Å²) in [5, 5.41) is 2.48. The maximum absolute atomic E-state index is 12.1. The Morgan fingerprint density at radius 2 is 1.92 bits per heavy atom. The molecule has 0 spiro atoms. The molecule has 1 aliphatic rings. The highest BCUT2D eigenvalue weighted by atomic mass is 16.5. The van der Waals surface area contributed by atoms with Crippen molar-refractivity contribution < 1.29 is 23.9 Å². The summed E-state index contributed by atoms with van der Waals surface area (Å²) in [4.78, 5) is 37.4. The van der Waals surface area contributed by atoms with Gasteiger partial charge in [0.1, 0.15) is 6.54 Å². The van der Waals surface area contributed by atoms with Crippen LogP contribution in [0.2, 0.25) is 0 Å². The predicted octanol–water partition coefficient (Wildman–Crippen LogP) is 0.904. The zero-order valence-electron chi connectivity index (χ0n) is 14.8. The lowest BCUT2D eigenvalue weighted by atomic mass is 10.1. The van der Waals surface area contributed by atoms with Gasteiger partial charge < -0.3 is 19.7 Å². The lowest BCUT2D eigenvalue weighted by molar-refractivity contribution is -0.156. The van der Waals surface area contributed by atoms with Crippen LogP contribution in [0.5, 0.6) is 0 Å². The quantitative estimate of drug-likeness (QED) is 0.800. The Balaban J connectivity index is 1.73. The molecule has 1 saturated heterocycles. The van der Waals surface area contributed by atoms with E-state index in [2.05, 4.69) is 5.32 Å². The van der Waals surface area contributed by atoms with Crippen LogP contribution in [0.3, 0.4) is 0 Å². The van der Waals surface area contributed by atoms with E-state index in [-0.39, 0.29) is 37.2 Å². The van der Waals surface area contributed by atoms with Gasteiger partial charge >= 0.3 is 5.97 Å². The van der Waals surface area contributed by atoms with Gasteiger partial charge in [-0.2, -0.15) is 0 Å². The molecule has 0 saturated carbocycles. The Labute approximate surface area is 147 Å². The third-order valence-electron chi connectivity index (χ3n) is 3.80. The van der Waals surface area contributed by atoms with E-state index in [9.17, 15) is 14.4 Å². The van der Waals surface area contributed by atoms with E-state index in [1.165, 1.54) is 0 Å². The smallest absolute Gasteiger partial charge is 0.325 e. The molecule has 1 N–H and O–H groups in total. The number of ether oxygens (including phenoxy) is 2. The number of carbonyl (C=O) groups excluding carboxylic acids is 3. The standard InChI is InChI=1S/C18H24N2O5/c1-12-5-4-6-15(7-12)18(23)19-8-17(22)24-11-16(21)20-9-13(2)25-14(3)10-20/h4-7,13-14H,8-11H2,1-3H3,(H,19,23). The van der Waals surface area contributed by atoms with Crippen LogP contribution in [0, 0.1) is 6.92 Å². The van der Waals surface area contributed by atoms with Crippen LogP contribution in [-0.2, 0) is 19.1 Å². The van der Waals surface area contributed by atoms with Gasteiger partial charge in [0, 0.05) is 18.7 Å². The summed E-state index contributed by atoms with van der Waals surface area (Å²) < 4.78 is 10.5. The van der Waals surface area contributed by atoms with Crippen LogP contribution >= 0.6 is 0 Å². The van der Waals surface area contributed by atoms with Gasteiger partial charge in [-0.1, -0.05) is 17.7 Å². The van der Waals surface area contributed by atoms with Crippen molar-refractivity contribution in [1.82, 2.24) is 10.2 Å². The summed E-state index contributed by atoms with van der Waals surface area (Å²) in [5.74, 6) is -1.27. The molecule has 2 amide bonds. The number of aryl methyl sites for hydroxylation is 1. The van der Waals surface area contributed by atoms with Gasteiger partial charge in [0.05, 0.1) is 12.2 Å². The molecule has 0 bridgehead atoms. The first-order chi connectivity index (χ1) is 11.8.